The second-order valence-corrected chi connectivity index (χ2v) is 8.39. The number of H-pyrrole nitrogens is 1. The first-order valence-corrected chi connectivity index (χ1v) is 10.8. The van der Waals surface area contributed by atoms with Crippen molar-refractivity contribution in [1.82, 2.24) is 19.9 Å². The third-order valence-corrected chi connectivity index (χ3v) is 6.02. The zero-order chi connectivity index (χ0) is 18.8. The van der Waals surface area contributed by atoms with E-state index in [1.807, 2.05) is 18.2 Å². The first-order valence-electron chi connectivity index (χ1n) is 9.22. The Hall–Kier alpha value is -2.38. The molecule has 1 saturated carbocycles. The summed E-state index contributed by atoms with van der Waals surface area (Å²) in [5.74, 6) is 1.78. The Kier molecular flexibility index (Phi) is 5.13. The highest BCUT2D eigenvalue weighted by molar-refractivity contribution is 7.90. The largest absolute Gasteiger partial charge is 0.612 e. The molecule has 27 heavy (non-hydrogen) atoms. The van der Waals surface area contributed by atoms with Gasteiger partial charge < -0.3 is 15.3 Å². The third-order valence-electron chi connectivity index (χ3n) is 5.13. The van der Waals surface area contributed by atoms with Crippen molar-refractivity contribution in [3.63, 3.8) is 0 Å². The molecule has 6 nitrogen and oxygen atoms in total. The molecule has 0 bridgehead atoms. The Morgan fingerprint density at radius 3 is 2.74 bits per heavy atom. The number of hydrogen-bond acceptors (Lipinski definition) is 5. The monoisotopic (exact) mass is 381 g/mol. The van der Waals surface area contributed by atoms with E-state index in [0.29, 0.717) is 22.5 Å². The van der Waals surface area contributed by atoms with Crippen molar-refractivity contribution in [3.8, 4) is 22.6 Å². The Morgan fingerprint density at radius 1 is 1.15 bits per heavy atom. The molecule has 3 heterocycles. The molecule has 1 aliphatic rings. The average Bonchev–Trinajstić information content (AvgIpc) is 3.10. The highest BCUT2D eigenvalue weighted by Gasteiger charge is 2.22. The molecule has 140 valence electrons. The molecule has 0 saturated heterocycles. The van der Waals surface area contributed by atoms with Crippen LogP contribution < -0.4 is 5.73 Å². The van der Waals surface area contributed by atoms with E-state index >= 15 is 0 Å². The lowest BCUT2D eigenvalue weighted by Gasteiger charge is -2.19. The van der Waals surface area contributed by atoms with Crippen molar-refractivity contribution in [2.75, 3.05) is 12.0 Å². The summed E-state index contributed by atoms with van der Waals surface area (Å²) in [7, 11) is 0. The van der Waals surface area contributed by atoms with Gasteiger partial charge in [0, 0.05) is 29.9 Å². The molecule has 1 unspecified atom stereocenters. The Balaban J connectivity index is 1.66. The van der Waals surface area contributed by atoms with E-state index in [1.165, 1.54) is 19.3 Å². The first kappa shape index (κ1) is 18.0. The molecule has 0 amide bonds. The van der Waals surface area contributed by atoms with Gasteiger partial charge in [-0.2, -0.15) is 0 Å². The minimum Gasteiger partial charge on any atom is -0.612 e. The van der Waals surface area contributed by atoms with E-state index in [2.05, 4.69) is 15.0 Å². The molecule has 3 N–H and O–H groups in total. The number of imidazole rings is 1. The highest BCUT2D eigenvalue weighted by Crippen LogP contribution is 2.35. The predicted octanol–water partition coefficient (Wildman–Crippen LogP) is 3.90. The van der Waals surface area contributed by atoms with Crippen molar-refractivity contribution in [2.24, 2.45) is 0 Å². The van der Waals surface area contributed by atoms with Gasteiger partial charge >= 0.3 is 0 Å². The van der Waals surface area contributed by atoms with Gasteiger partial charge in [-0.1, -0.05) is 19.3 Å². The lowest BCUT2D eigenvalue weighted by atomic mass is 9.87. The zero-order valence-corrected chi connectivity index (χ0v) is 16.1. The summed E-state index contributed by atoms with van der Waals surface area (Å²) in [6, 6.07) is 5.77. The molecule has 0 aliphatic heterocycles. The highest BCUT2D eigenvalue weighted by atomic mass is 32.2. The topological polar surface area (TPSA) is 104 Å². The molecule has 0 radical (unpaired) electrons. The van der Waals surface area contributed by atoms with E-state index in [0.717, 1.165) is 35.4 Å². The van der Waals surface area contributed by atoms with E-state index in [-0.39, 0.29) is 0 Å². The third kappa shape index (κ3) is 3.84. The van der Waals surface area contributed by atoms with Gasteiger partial charge in [-0.05, 0) is 41.7 Å². The lowest BCUT2D eigenvalue weighted by molar-refractivity contribution is 0.439. The van der Waals surface area contributed by atoms with E-state index in [4.69, 9.17) is 10.7 Å². The van der Waals surface area contributed by atoms with Gasteiger partial charge in [-0.3, -0.25) is 9.97 Å². The fourth-order valence-electron chi connectivity index (χ4n) is 3.68. The van der Waals surface area contributed by atoms with Crippen LogP contribution in [0.5, 0.6) is 0 Å². The normalized spacial score (nSPS) is 16.4. The molecular formula is C20H23N5OS. The number of anilines is 1. The number of nitrogens with one attached hydrogen (secondary N) is 1. The number of aromatic nitrogens is 4. The van der Waals surface area contributed by atoms with Crippen molar-refractivity contribution >= 4 is 17.0 Å². The van der Waals surface area contributed by atoms with Crippen LogP contribution in [0, 0.1) is 0 Å². The Morgan fingerprint density at radius 2 is 1.96 bits per heavy atom. The Labute approximate surface area is 161 Å². The molecule has 3 aromatic heterocycles. The van der Waals surface area contributed by atoms with Crippen LogP contribution in [0.25, 0.3) is 22.6 Å². The van der Waals surface area contributed by atoms with Gasteiger partial charge in [0.2, 0.25) is 0 Å². The second-order valence-electron chi connectivity index (χ2n) is 7.01. The van der Waals surface area contributed by atoms with Gasteiger partial charge in [0.05, 0.1) is 11.9 Å². The minimum atomic E-state index is -1.07. The van der Waals surface area contributed by atoms with Gasteiger partial charge in [0.25, 0.3) is 0 Å². The summed E-state index contributed by atoms with van der Waals surface area (Å²) in [4.78, 5) is 17.4. The number of pyridine rings is 2. The molecule has 1 aliphatic carbocycles. The van der Waals surface area contributed by atoms with Crippen LogP contribution in [0.1, 0.15) is 43.7 Å². The van der Waals surface area contributed by atoms with Crippen LogP contribution in [0.4, 0.5) is 5.82 Å². The summed E-state index contributed by atoms with van der Waals surface area (Å²) in [5, 5.41) is 0. The van der Waals surface area contributed by atoms with Crippen LogP contribution in [-0.4, -0.2) is 30.7 Å². The lowest BCUT2D eigenvalue weighted by Crippen LogP contribution is -2.07. The summed E-state index contributed by atoms with van der Waals surface area (Å²) >= 11 is -1.07. The van der Waals surface area contributed by atoms with Gasteiger partial charge in [-0.25, -0.2) is 4.98 Å². The quantitative estimate of drug-likeness (QED) is 0.667. The van der Waals surface area contributed by atoms with Crippen molar-refractivity contribution in [2.45, 2.75) is 42.9 Å². The Bertz CT molecular complexity index is 934. The van der Waals surface area contributed by atoms with Crippen LogP contribution in [0.3, 0.4) is 0 Å². The summed E-state index contributed by atoms with van der Waals surface area (Å²) in [5.41, 5.74) is 9.79. The second kappa shape index (κ2) is 7.70. The maximum atomic E-state index is 11.7. The number of nitrogen functional groups attached to an aromatic ring is 1. The fourth-order valence-corrected chi connectivity index (χ4v) is 4.18. The van der Waals surface area contributed by atoms with Gasteiger partial charge in [0.15, 0.2) is 10.7 Å². The zero-order valence-electron chi connectivity index (χ0n) is 15.3. The number of hydrogen-bond donors (Lipinski definition) is 2. The van der Waals surface area contributed by atoms with Crippen molar-refractivity contribution in [3.05, 3.63) is 42.5 Å². The predicted molar refractivity (Wildman–Crippen MR) is 108 cm³/mol. The smallest absolute Gasteiger partial charge is 0.171 e. The molecule has 0 aromatic carbocycles. The number of rotatable bonds is 4. The standard InChI is InChI=1S/C20H23N5OS/c1-27(26)16-9-15(11-22-12-16)14-7-8-23-17(10-14)20-24-18(19(21)25-20)13-5-3-2-4-6-13/h7-13H,2-6,21H2,1H3,(H,24,25). The number of nitrogens with zero attached hydrogens (tertiary/aromatic N) is 3. The summed E-state index contributed by atoms with van der Waals surface area (Å²) in [6.07, 6.45) is 12.9. The average molecular weight is 382 g/mol. The SMILES string of the molecule is C[S+]([O-])c1cncc(-c2ccnc(-c3nc(C4CCCCC4)c(N)[nH]3)c2)c1. The molecule has 7 heteroatoms. The van der Waals surface area contributed by atoms with Gasteiger partial charge in [0.1, 0.15) is 17.8 Å². The van der Waals surface area contributed by atoms with E-state index < -0.39 is 11.2 Å². The van der Waals surface area contributed by atoms with Crippen LogP contribution in [0.15, 0.2) is 41.7 Å². The maximum absolute atomic E-state index is 11.7. The summed E-state index contributed by atoms with van der Waals surface area (Å²) in [6.45, 7) is 0. The van der Waals surface area contributed by atoms with E-state index in [9.17, 15) is 4.55 Å². The molecular weight excluding hydrogens is 358 g/mol. The van der Waals surface area contributed by atoms with Crippen LogP contribution in [-0.2, 0) is 11.2 Å². The molecule has 1 fully saturated rings. The van der Waals surface area contributed by atoms with Crippen LogP contribution >= 0.6 is 0 Å². The fraction of sp³-hybridized carbons (Fsp3) is 0.350. The molecule has 1 atom stereocenters. The number of aromatic amines is 1. The minimum absolute atomic E-state index is 0.437. The number of nitrogens with two attached hydrogens (primary N) is 1. The molecule has 0 spiro atoms. The molecule has 4 rings (SSSR count). The molecule has 3 aromatic rings. The first-order chi connectivity index (χ1) is 13.1. The summed E-state index contributed by atoms with van der Waals surface area (Å²) < 4.78 is 11.7. The van der Waals surface area contributed by atoms with Gasteiger partial charge in [-0.15, -0.1) is 0 Å². The van der Waals surface area contributed by atoms with Crippen LogP contribution in [0.2, 0.25) is 0 Å². The van der Waals surface area contributed by atoms with Crippen molar-refractivity contribution in [1.29, 1.82) is 0 Å². The van der Waals surface area contributed by atoms with Crippen molar-refractivity contribution < 1.29 is 4.55 Å². The van der Waals surface area contributed by atoms with E-state index in [1.54, 1.807) is 24.8 Å². The maximum Gasteiger partial charge on any atom is 0.171 e.